The number of hydrogen-bond acceptors (Lipinski definition) is 4. The van der Waals surface area contributed by atoms with Gasteiger partial charge < -0.3 is 20.4 Å². The molecule has 0 saturated carbocycles. The molecule has 7 nitrogen and oxygen atoms in total. The number of piperazine rings is 1. The summed E-state index contributed by atoms with van der Waals surface area (Å²) in [5, 5.41) is 20.5. The number of carbonyl (C=O) groups excluding carboxylic acids is 1. The average molecular weight is 273 g/mol. The van der Waals surface area contributed by atoms with E-state index in [4.69, 9.17) is 10.2 Å². The van der Waals surface area contributed by atoms with E-state index in [-0.39, 0.29) is 12.6 Å². The topological polar surface area (TPSA) is 93.1 Å². The minimum absolute atomic E-state index is 0.110. The van der Waals surface area contributed by atoms with Crippen LogP contribution < -0.4 is 5.32 Å². The van der Waals surface area contributed by atoms with Gasteiger partial charge in [0.15, 0.2) is 0 Å². The average Bonchev–Trinajstić information content (AvgIpc) is 2.39. The molecule has 1 aliphatic rings. The molecule has 1 atom stereocenters. The van der Waals surface area contributed by atoms with E-state index in [2.05, 4.69) is 10.2 Å². The van der Waals surface area contributed by atoms with Crippen molar-refractivity contribution in [2.24, 2.45) is 0 Å². The Morgan fingerprint density at radius 3 is 2.26 bits per heavy atom. The van der Waals surface area contributed by atoms with Crippen LogP contribution in [0.4, 0.5) is 4.79 Å². The zero-order valence-corrected chi connectivity index (χ0v) is 11.6. The molecular weight excluding hydrogens is 250 g/mol. The molecule has 1 unspecified atom stereocenters. The SMILES string of the molecule is CCC(C)(NC(=O)N1CCN(CCO)CC1)C(=O)O. The molecule has 1 aliphatic heterocycles. The Balaban J connectivity index is 2.49. The molecule has 110 valence electrons. The number of urea groups is 1. The van der Waals surface area contributed by atoms with Gasteiger partial charge >= 0.3 is 12.0 Å². The van der Waals surface area contributed by atoms with Gasteiger partial charge in [-0.1, -0.05) is 6.92 Å². The predicted octanol–water partition coefficient (Wildman–Crippen LogP) is -0.441. The second-order valence-corrected chi connectivity index (χ2v) is 4.97. The number of nitrogens with zero attached hydrogens (tertiary/aromatic N) is 2. The van der Waals surface area contributed by atoms with Crippen molar-refractivity contribution in [2.45, 2.75) is 25.8 Å². The van der Waals surface area contributed by atoms with Crippen LogP contribution in [0.2, 0.25) is 0 Å². The highest BCUT2D eigenvalue weighted by molar-refractivity contribution is 5.85. The number of β-amino-alcohol motifs (C(OH)–C–C–N with tert-alkyl or cyclic N) is 1. The lowest BCUT2D eigenvalue weighted by Gasteiger charge is -2.36. The summed E-state index contributed by atoms with van der Waals surface area (Å²) in [4.78, 5) is 26.8. The second-order valence-electron chi connectivity index (χ2n) is 4.97. The maximum Gasteiger partial charge on any atom is 0.329 e. The highest BCUT2D eigenvalue weighted by Crippen LogP contribution is 2.11. The molecule has 0 radical (unpaired) electrons. The van der Waals surface area contributed by atoms with E-state index in [0.717, 1.165) is 0 Å². The predicted molar refractivity (Wildman–Crippen MR) is 70.0 cm³/mol. The van der Waals surface area contributed by atoms with Gasteiger partial charge in [0, 0.05) is 32.7 Å². The third-order valence-corrected chi connectivity index (χ3v) is 3.64. The van der Waals surface area contributed by atoms with Gasteiger partial charge in [-0.25, -0.2) is 9.59 Å². The minimum atomic E-state index is -1.22. The van der Waals surface area contributed by atoms with Gasteiger partial charge in [0.2, 0.25) is 0 Å². The largest absolute Gasteiger partial charge is 0.480 e. The number of carboxylic acid groups (broad SMARTS) is 1. The Morgan fingerprint density at radius 1 is 1.26 bits per heavy atom. The third kappa shape index (κ3) is 4.07. The summed E-state index contributed by atoms with van der Waals surface area (Å²) in [6.45, 7) is 6.45. The van der Waals surface area contributed by atoms with Crippen LogP contribution in [0.3, 0.4) is 0 Å². The molecule has 7 heteroatoms. The van der Waals surface area contributed by atoms with E-state index in [9.17, 15) is 9.59 Å². The van der Waals surface area contributed by atoms with Crippen molar-refractivity contribution in [3.05, 3.63) is 0 Å². The van der Waals surface area contributed by atoms with Gasteiger partial charge in [-0.05, 0) is 13.3 Å². The monoisotopic (exact) mass is 273 g/mol. The van der Waals surface area contributed by atoms with E-state index in [1.165, 1.54) is 6.92 Å². The van der Waals surface area contributed by atoms with Gasteiger partial charge in [0.05, 0.1) is 6.61 Å². The molecule has 19 heavy (non-hydrogen) atoms. The first-order valence-corrected chi connectivity index (χ1v) is 6.56. The van der Waals surface area contributed by atoms with E-state index >= 15 is 0 Å². The Kier molecular flexibility index (Phi) is 5.56. The van der Waals surface area contributed by atoms with Crippen LogP contribution in [0.5, 0.6) is 0 Å². The van der Waals surface area contributed by atoms with Crippen molar-refractivity contribution >= 4 is 12.0 Å². The fraction of sp³-hybridized carbons (Fsp3) is 0.833. The molecule has 0 aromatic carbocycles. The van der Waals surface area contributed by atoms with Crippen molar-refractivity contribution in [1.29, 1.82) is 0 Å². The number of nitrogens with one attached hydrogen (secondary N) is 1. The Morgan fingerprint density at radius 2 is 1.84 bits per heavy atom. The molecule has 1 saturated heterocycles. The van der Waals surface area contributed by atoms with Crippen LogP contribution in [-0.4, -0.2) is 76.9 Å². The first kappa shape index (κ1) is 15.7. The first-order chi connectivity index (χ1) is 8.92. The molecule has 1 fully saturated rings. The summed E-state index contributed by atoms with van der Waals surface area (Å²) in [6, 6.07) is -0.338. The maximum absolute atomic E-state index is 12.0. The lowest BCUT2D eigenvalue weighted by atomic mass is 10.00. The highest BCUT2D eigenvalue weighted by Gasteiger charge is 2.34. The number of aliphatic hydroxyl groups is 1. The summed E-state index contributed by atoms with van der Waals surface area (Å²) < 4.78 is 0. The molecule has 0 aromatic rings. The summed E-state index contributed by atoms with van der Waals surface area (Å²) in [6.07, 6.45) is 0.332. The number of aliphatic hydroxyl groups excluding tert-OH is 1. The Labute approximate surface area is 113 Å². The van der Waals surface area contributed by atoms with Crippen LogP contribution in [0.1, 0.15) is 20.3 Å². The number of rotatable bonds is 5. The second kappa shape index (κ2) is 6.72. The number of carbonyl (C=O) groups is 2. The van der Waals surface area contributed by atoms with Crippen molar-refractivity contribution < 1.29 is 19.8 Å². The molecule has 3 N–H and O–H groups in total. The fourth-order valence-corrected chi connectivity index (χ4v) is 1.92. The van der Waals surface area contributed by atoms with E-state index in [1.807, 2.05) is 0 Å². The molecule has 0 aromatic heterocycles. The summed E-state index contributed by atoms with van der Waals surface area (Å²) >= 11 is 0. The number of hydrogen-bond donors (Lipinski definition) is 3. The number of amides is 2. The Bertz CT molecular complexity index is 329. The Hall–Kier alpha value is -1.34. The standard InChI is InChI=1S/C12H23N3O4/c1-3-12(2,10(17)18)13-11(19)15-6-4-14(5-7-15)8-9-16/h16H,3-9H2,1-2H3,(H,13,19)(H,17,18). The molecular formula is C12H23N3O4. The lowest BCUT2D eigenvalue weighted by molar-refractivity contribution is -0.143. The van der Waals surface area contributed by atoms with E-state index < -0.39 is 11.5 Å². The van der Waals surface area contributed by atoms with Crippen LogP contribution in [0, 0.1) is 0 Å². The van der Waals surface area contributed by atoms with Crippen molar-refractivity contribution in [3.8, 4) is 0 Å². The first-order valence-electron chi connectivity index (χ1n) is 6.56. The molecule has 1 heterocycles. The van der Waals surface area contributed by atoms with Gasteiger partial charge in [-0.2, -0.15) is 0 Å². The zero-order chi connectivity index (χ0) is 14.5. The third-order valence-electron chi connectivity index (χ3n) is 3.64. The number of carboxylic acids is 1. The summed E-state index contributed by atoms with van der Waals surface area (Å²) in [5.74, 6) is -1.03. The van der Waals surface area contributed by atoms with Gasteiger partial charge in [0.1, 0.15) is 5.54 Å². The van der Waals surface area contributed by atoms with Crippen molar-refractivity contribution in [2.75, 3.05) is 39.3 Å². The fourth-order valence-electron chi connectivity index (χ4n) is 1.92. The molecule has 0 aliphatic carbocycles. The quantitative estimate of drug-likeness (QED) is 0.631. The molecule has 0 spiro atoms. The minimum Gasteiger partial charge on any atom is -0.480 e. The molecule has 0 bridgehead atoms. The van der Waals surface area contributed by atoms with Gasteiger partial charge in [-0.15, -0.1) is 0 Å². The van der Waals surface area contributed by atoms with Crippen molar-refractivity contribution in [3.63, 3.8) is 0 Å². The zero-order valence-electron chi connectivity index (χ0n) is 11.6. The smallest absolute Gasteiger partial charge is 0.329 e. The van der Waals surface area contributed by atoms with E-state index in [0.29, 0.717) is 39.1 Å². The van der Waals surface area contributed by atoms with Gasteiger partial charge in [0.25, 0.3) is 0 Å². The van der Waals surface area contributed by atoms with Crippen LogP contribution >= 0.6 is 0 Å². The van der Waals surface area contributed by atoms with Crippen molar-refractivity contribution in [1.82, 2.24) is 15.1 Å². The maximum atomic E-state index is 12.0. The highest BCUT2D eigenvalue weighted by atomic mass is 16.4. The van der Waals surface area contributed by atoms with Crippen LogP contribution in [-0.2, 0) is 4.79 Å². The normalized spacial score (nSPS) is 19.8. The number of aliphatic carboxylic acids is 1. The summed E-state index contributed by atoms with van der Waals surface area (Å²) in [5.41, 5.74) is -1.22. The van der Waals surface area contributed by atoms with E-state index in [1.54, 1.807) is 11.8 Å². The molecule has 1 rings (SSSR count). The van der Waals surface area contributed by atoms with Crippen LogP contribution in [0.25, 0.3) is 0 Å². The summed E-state index contributed by atoms with van der Waals surface area (Å²) in [7, 11) is 0. The van der Waals surface area contributed by atoms with Gasteiger partial charge in [-0.3, -0.25) is 4.90 Å². The lowest BCUT2D eigenvalue weighted by Crippen LogP contribution is -2.59. The van der Waals surface area contributed by atoms with Crippen LogP contribution in [0.15, 0.2) is 0 Å². The molecule has 2 amide bonds.